The number of alkyl halides is 4. The SMILES string of the molecule is Cc1cc(C)cc(C(Br)C(F)(F)F)c1. The largest absolute Gasteiger partial charge is 0.405 e. The maximum atomic E-state index is 12.4. The molecule has 0 saturated carbocycles. The van der Waals surface area contributed by atoms with E-state index < -0.39 is 11.0 Å². The highest BCUT2D eigenvalue weighted by atomic mass is 79.9. The van der Waals surface area contributed by atoms with Crippen molar-refractivity contribution in [3.8, 4) is 0 Å². The van der Waals surface area contributed by atoms with E-state index in [1.54, 1.807) is 26.0 Å². The van der Waals surface area contributed by atoms with E-state index in [1.165, 1.54) is 0 Å². The molecule has 0 saturated heterocycles. The molecule has 0 nitrogen and oxygen atoms in total. The first kappa shape index (κ1) is 11.6. The molecule has 0 aromatic heterocycles. The fourth-order valence-electron chi connectivity index (χ4n) is 1.35. The van der Waals surface area contributed by atoms with Crippen LogP contribution in [-0.4, -0.2) is 6.18 Å². The van der Waals surface area contributed by atoms with Crippen LogP contribution in [0.2, 0.25) is 0 Å². The molecular formula is C10H10BrF3. The van der Waals surface area contributed by atoms with Gasteiger partial charge in [0.15, 0.2) is 0 Å². The quantitative estimate of drug-likeness (QED) is 0.665. The van der Waals surface area contributed by atoms with Gasteiger partial charge in [0, 0.05) is 0 Å². The average molecular weight is 267 g/mol. The molecule has 1 unspecified atom stereocenters. The Bertz CT molecular complexity index is 310. The van der Waals surface area contributed by atoms with Crippen molar-refractivity contribution in [3.63, 3.8) is 0 Å². The monoisotopic (exact) mass is 266 g/mol. The zero-order valence-corrected chi connectivity index (χ0v) is 9.41. The van der Waals surface area contributed by atoms with Gasteiger partial charge >= 0.3 is 6.18 Å². The summed E-state index contributed by atoms with van der Waals surface area (Å²) in [5.74, 6) is 0. The smallest absolute Gasteiger partial charge is 0.169 e. The topological polar surface area (TPSA) is 0 Å². The van der Waals surface area contributed by atoms with Crippen LogP contribution in [0.25, 0.3) is 0 Å². The molecule has 1 aromatic carbocycles. The highest BCUT2D eigenvalue weighted by Crippen LogP contribution is 2.39. The molecule has 0 N–H and O–H groups in total. The van der Waals surface area contributed by atoms with Gasteiger partial charge in [0.05, 0.1) is 0 Å². The van der Waals surface area contributed by atoms with E-state index in [1.807, 2.05) is 6.07 Å². The Balaban J connectivity index is 3.07. The fraction of sp³-hybridized carbons (Fsp3) is 0.400. The molecule has 0 aliphatic heterocycles. The molecule has 0 aliphatic rings. The van der Waals surface area contributed by atoms with Crippen molar-refractivity contribution in [2.45, 2.75) is 24.9 Å². The third-order valence-electron chi connectivity index (χ3n) is 1.82. The Morgan fingerprint density at radius 2 is 1.50 bits per heavy atom. The van der Waals surface area contributed by atoms with Gasteiger partial charge in [-0.1, -0.05) is 45.3 Å². The van der Waals surface area contributed by atoms with Crippen LogP contribution >= 0.6 is 15.9 Å². The summed E-state index contributed by atoms with van der Waals surface area (Å²) in [7, 11) is 0. The van der Waals surface area contributed by atoms with E-state index >= 15 is 0 Å². The molecule has 0 radical (unpaired) electrons. The van der Waals surface area contributed by atoms with Gasteiger partial charge in [0.25, 0.3) is 0 Å². The van der Waals surface area contributed by atoms with Crippen molar-refractivity contribution in [1.29, 1.82) is 0 Å². The molecule has 1 aromatic rings. The minimum absolute atomic E-state index is 0.259. The lowest BCUT2D eigenvalue weighted by Gasteiger charge is -2.15. The summed E-state index contributed by atoms with van der Waals surface area (Å²) in [6.45, 7) is 3.57. The highest BCUT2D eigenvalue weighted by molar-refractivity contribution is 9.09. The van der Waals surface area contributed by atoms with Gasteiger partial charge < -0.3 is 0 Å². The van der Waals surface area contributed by atoms with Gasteiger partial charge in [-0.05, 0) is 19.4 Å². The number of aryl methyl sites for hydroxylation is 2. The molecular weight excluding hydrogens is 257 g/mol. The predicted octanol–water partition coefficient (Wildman–Crippen LogP) is 4.30. The van der Waals surface area contributed by atoms with Crippen LogP contribution in [0.4, 0.5) is 13.2 Å². The Morgan fingerprint density at radius 3 is 1.86 bits per heavy atom. The van der Waals surface area contributed by atoms with Crippen LogP contribution in [0.3, 0.4) is 0 Å². The summed E-state index contributed by atoms with van der Waals surface area (Å²) < 4.78 is 37.1. The summed E-state index contributed by atoms with van der Waals surface area (Å²) in [5.41, 5.74) is 1.94. The predicted molar refractivity (Wildman–Crippen MR) is 53.6 cm³/mol. The van der Waals surface area contributed by atoms with Gasteiger partial charge in [-0.25, -0.2) is 0 Å². The van der Waals surface area contributed by atoms with Crippen molar-refractivity contribution < 1.29 is 13.2 Å². The van der Waals surface area contributed by atoms with Crippen LogP contribution in [0.5, 0.6) is 0 Å². The van der Waals surface area contributed by atoms with Gasteiger partial charge in [0.2, 0.25) is 0 Å². The van der Waals surface area contributed by atoms with E-state index in [9.17, 15) is 13.2 Å². The second-order valence-corrected chi connectivity index (χ2v) is 4.24. The molecule has 0 aliphatic carbocycles. The molecule has 0 amide bonds. The van der Waals surface area contributed by atoms with Crippen LogP contribution < -0.4 is 0 Å². The lowest BCUT2D eigenvalue weighted by molar-refractivity contribution is -0.128. The Morgan fingerprint density at radius 1 is 1.07 bits per heavy atom. The first-order chi connectivity index (χ1) is 6.30. The zero-order valence-electron chi connectivity index (χ0n) is 7.82. The van der Waals surface area contributed by atoms with E-state index in [-0.39, 0.29) is 5.56 Å². The number of hydrogen-bond acceptors (Lipinski definition) is 0. The highest BCUT2D eigenvalue weighted by Gasteiger charge is 2.38. The van der Waals surface area contributed by atoms with Crippen LogP contribution in [0.15, 0.2) is 18.2 Å². The number of hydrogen-bond donors (Lipinski definition) is 0. The van der Waals surface area contributed by atoms with Crippen molar-refractivity contribution in [3.05, 3.63) is 34.9 Å². The molecule has 0 heterocycles. The van der Waals surface area contributed by atoms with Crippen molar-refractivity contribution >= 4 is 15.9 Å². The maximum Gasteiger partial charge on any atom is 0.405 e. The third-order valence-corrected chi connectivity index (χ3v) is 2.87. The minimum atomic E-state index is -4.24. The zero-order chi connectivity index (χ0) is 10.9. The van der Waals surface area contributed by atoms with Crippen molar-refractivity contribution in [1.82, 2.24) is 0 Å². The Kier molecular flexibility index (Phi) is 3.24. The first-order valence-electron chi connectivity index (χ1n) is 4.09. The average Bonchev–Trinajstić information content (AvgIpc) is 1.99. The van der Waals surface area contributed by atoms with Crippen molar-refractivity contribution in [2.75, 3.05) is 0 Å². The molecule has 78 valence electrons. The van der Waals surface area contributed by atoms with Crippen molar-refractivity contribution in [2.24, 2.45) is 0 Å². The normalized spacial score (nSPS) is 14.1. The molecule has 1 rings (SSSR count). The standard InChI is InChI=1S/C10H10BrF3/c1-6-3-7(2)5-8(4-6)9(11)10(12,13)14/h3-5,9H,1-2H3. The minimum Gasteiger partial charge on any atom is -0.169 e. The lowest BCUT2D eigenvalue weighted by Crippen LogP contribution is -2.15. The van der Waals surface area contributed by atoms with Crippen LogP contribution in [0.1, 0.15) is 21.5 Å². The fourth-order valence-corrected chi connectivity index (χ4v) is 1.61. The summed E-state index contributed by atoms with van der Waals surface area (Å²) in [5, 5.41) is 0. The molecule has 4 heteroatoms. The number of rotatable bonds is 1. The van der Waals surface area contributed by atoms with E-state index in [0.717, 1.165) is 11.1 Å². The van der Waals surface area contributed by atoms with Gasteiger partial charge in [0.1, 0.15) is 4.83 Å². The van der Waals surface area contributed by atoms with E-state index in [4.69, 9.17) is 0 Å². The third kappa shape index (κ3) is 2.74. The van der Waals surface area contributed by atoms with Gasteiger partial charge in [-0.15, -0.1) is 0 Å². The first-order valence-corrected chi connectivity index (χ1v) is 5.01. The van der Waals surface area contributed by atoms with Crippen LogP contribution in [-0.2, 0) is 0 Å². The lowest BCUT2D eigenvalue weighted by atomic mass is 10.1. The maximum absolute atomic E-state index is 12.4. The van der Waals surface area contributed by atoms with E-state index in [0.29, 0.717) is 0 Å². The summed E-state index contributed by atoms with van der Waals surface area (Å²) in [6.07, 6.45) is -4.24. The van der Waals surface area contributed by atoms with Gasteiger partial charge in [-0.2, -0.15) is 13.2 Å². The number of halogens is 4. The van der Waals surface area contributed by atoms with Crippen LogP contribution in [0, 0.1) is 13.8 Å². The summed E-state index contributed by atoms with van der Waals surface area (Å²) in [6, 6.07) is 4.93. The molecule has 14 heavy (non-hydrogen) atoms. The van der Waals surface area contributed by atoms with E-state index in [2.05, 4.69) is 15.9 Å². The second-order valence-electron chi connectivity index (χ2n) is 3.33. The summed E-state index contributed by atoms with van der Waals surface area (Å²) >= 11 is 2.65. The molecule has 0 spiro atoms. The summed E-state index contributed by atoms with van der Waals surface area (Å²) in [4.78, 5) is -1.58. The Labute approximate surface area is 89.3 Å². The molecule has 1 atom stereocenters. The molecule has 0 bridgehead atoms. The Hall–Kier alpha value is -0.510. The number of benzene rings is 1. The van der Waals surface area contributed by atoms with Gasteiger partial charge in [-0.3, -0.25) is 0 Å². The second kappa shape index (κ2) is 3.93. The molecule has 0 fully saturated rings.